The molecular formula is C15H23ClN6OS. The van der Waals surface area contributed by atoms with Crippen molar-refractivity contribution in [3.05, 3.63) is 23.0 Å². The van der Waals surface area contributed by atoms with Gasteiger partial charge in [0.2, 0.25) is 11.0 Å². The third-order valence-corrected chi connectivity index (χ3v) is 4.84. The maximum absolute atomic E-state index is 12.6. The molecule has 1 fully saturated rings. The minimum atomic E-state index is -0.114. The van der Waals surface area contributed by atoms with Crippen LogP contribution in [0.1, 0.15) is 30.3 Å². The molecular weight excluding hydrogens is 348 g/mol. The maximum atomic E-state index is 12.6. The van der Waals surface area contributed by atoms with E-state index in [0.717, 1.165) is 23.5 Å². The van der Waals surface area contributed by atoms with Gasteiger partial charge in [-0.1, -0.05) is 25.2 Å². The van der Waals surface area contributed by atoms with Crippen LogP contribution < -0.4 is 10.6 Å². The largest absolute Gasteiger partial charge is 0.315 e. The Morgan fingerprint density at radius 3 is 2.92 bits per heavy atom. The molecule has 1 aliphatic rings. The highest BCUT2D eigenvalue weighted by Gasteiger charge is 2.35. The van der Waals surface area contributed by atoms with Crippen molar-refractivity contribution in [2.75, 3.05) is 18.4 Å². The standard InChI is InChI=1S/C15H22N6OS.ClH/c1-9(2)4-13-19-20-15(23-13)18-14(22)12-7-16-6-11(12)10-5-17-21(3)8-10;/h5,8-9,11-12,16H,4,6-7H2,1-3H3,(H,18,20,22);1H/t11-,12+;/m1./s1. The first-order valence-corrected chi connectivity index (χ1v) is 8.67. The van der Waals surface area contributed by atoms with E-state index >= 15 is 0 Å². The van der Waals surface area contributed by atoms with E-state index < -0.39 is 0 Å². The van der Waals surface area contributed by atoms with Gasteiger partial charge in [0.15, 0.2) is 0 Å². The molecule has 1 aliphatic heterocycles. The number of anilines is 1. The summed E-state index contributed by atoms with van der Waals surface area (Å²) < 4.78 is 1.77. The average molecular weight is 371 g/mol. The quantitative estimate of drug-likeness (QED) is 0.838. The molecule has 2 atom stereocenters. The molecule has 0 aliphatic carbocycles. The van der Waals surface area contributed by atoms with Crippen LogP contribution in [-0.4, -0.2) is 39.0 Å². The molecule has 7 nitrogen and oxygen atoms in total. The van der Waals surface area contributed by atoms with Crippen molar-refractivity contribution in [3.63, 3.8) is 0 Å². The highest BCUT2D eigenvalue weighted by Crippen LogP contribution is 2.29. The van der Waals surface area contributed by atoms with Crippen molar-refractivity contribution < 1.29 is 4.79 Å². The zero-order chi connectivity index (χ0) is 16.4. The van der Waals surface area contributed by atoms with E-state index in [4.69, 9.17) is 0 Å². The molecule has 132 valence electrons. The molecule has 0 aromatic carbocycles. The summed E-state index contributed by atoms with van der Waals surface area (Å²) in [5.74, 6) is 0.556. The fourth-order valence-corrected chi connectivity index (χ4v) is 3.82. The number of aryl methyl sites for hydroxylation is 1. The molecule has 0 spiro atoms. The smallest absolute Gasteiger partial charge is 0.231 e. The summed E-state index contributed by atoms with van der Waals surface area (Å²) in [5.41, 5.74) is 1.09. The van der Waals surface area contributed by atoms with Gasteiger partial charge in [-0.05, 0) is 11.5 Å². The third-order valence-electron chi connectivity index (χ3n) is 3.98. The molecule has 1 saturated heterocycles. The first kappa shape index (κ1) is 18.8. The lowest BCUT2D eigenvalue weighted by molar-refractivity contribution is -0.119. The van der Waals surface area contributed by atoms with Gasteiger partial charge in [0.25, 0.3) is 0 Å². The Hall–Kier alpha value is -1.51. The molecule has 0 saturated carbocycles. The SMILES string of the molecule is CC(C)Cc1nnc(NC(=O)[C@H]2CNC[C@@H]2c2cnn(C)c2)s1.Cl. The Kier molecular flexibility index (Phi) is 6.31. The molecule has 2 N–H and O–H groups in total. The van der Waals surface area contributed by atoms with Crippen LogP contribution in [0.2, 0.25) is 0 Å². The minimum Gasteiger partial charge on any atom is -0.315 e. The van der Waals surface area contributed by atoms with Crippen molar-refractivity contribution in [3.8, 4) is 0 Å². The van der Waals surface area contributed by atoms with Crippen LogP contribution in [-0.2, 0) is 18.3 Å². The monoisotopic (exact) mass is 370 g/mol. The number of amides is 1. The number of nitrogens with zero attached hydrogens (tertiary/aromatic N) is 4. The van der Waals surface area contributed by atoms with Crippen LogP contribution in [0.3, 0.4) is 0 Å². The van der Waals surface area contributed by atoms with Crippen molar-refractivity contribution in [1.29, 1.82) is 0 Å². The summed E-state index contributed by atoms with van der Waals surface area (Å²) in [7, 11) is 1.89. The zero-order valence-electron chi connectivity index (χ0n) is 14.0. The number of halogens is 1. The molecule has 9 heteroatoms. The zero-order valence-corrected chi connectivity index (χ0v) is 15.7. The van der Waals surface area contributed by atoms with Crippen molar-refractivity contribution in [1.82, 2.24) is 25.3 Å². The lowest BCUT2D eigenvalue weighted by Gasteiger charge is -2.15. The van der Waals surface area contributed by atoms with E-state index in [1.807, 2.05) is 19.4 Å². The van der Waals surface area contributed by atoms with Gasteiger partial charge in [0, 0.05) is 38.7 Å². The average Bonchev–Trinajstić information content (AvgIpc) is 3.18. The Morgan fingerprint density at radius 2 is 2.25 bits per heavy atom. The molecule has 3 rings (SSSR count). The molecule has 0 unspecified atom stereocenters. The molecule has 3 heterocycles. The Bertz CT molecular complexity index is 685. The van der Waals surface area contributed by atoms with Crippen LogP contribution >= 0.6 is 23.7 Å². The van der Waals surface area contributed by atoms with Crippen molar-refractivity contribution >= 4 is 34.8 Å². The second-order valence-electron chi connectivity index (χ2n) is 6.41. The van der Waals surface area contributed by atoms with Crippen LogP contribution in [0.15, 0.2) is 12.4 Å². The Morgan fingerprint density at radius 1 is 1.46 bits per heavy atom. The first-order chi connectivity index (χ1) is 11.0. The van der Waals surface area contributed by atoms with Crippen molar-refractivity contribution in [2.24, 2.45) is 18.9 Å². The van der Waals surface area contributed by atoms with Crippen LogP contribution in [0.5, 0.6) is 0 Å². The fraction of sp³-hybridized carbons (Fsp3) is 0.600. The summed E-state index contributed by atoms with van der Waals surface area (Å²) in [6, 6.07) is 0. The van der Waals surface area contributed by atoms with Gasteiger partial charge in [-0.15, -0.1) is 22.6 Å². The molecule has 2 aromatic heterocycles. The molecule has 24 heavy (non-hydrogen) atoms. The Balaban J connectivity index is 0.00000208. The summed E-state index contributed by atoms with van der Waals surface area (Å²) >= 11 is 1.46. The highest BCUT2D eigenvalue weighted by molar-refractivity contribution is 7.15. The fourth-order valence-electron chi connectivity index (χ4n) is 2.87. The van der Waals surface area contributed by atoms with Gasteiger partial charge >= 0.3 is 0 Å². The maximum Gasteiger partial charge on any atom is 0.231 e. The lowest BCUT2D eigenvalue weighted by Crippen LogP contribution is -2.28. The van der Waals surface area contributed by atoms with Gasteiger partial charge < -0.3 is 10.6 Å². The van der Waals surface area contributed by atoms with Crippen LogP contribution in [0.25, 0.3) is 0 Å². The molecule has 2 aromatic rings. The summed E-state index contributed by atoms with van der Waals surface area (Å²) in [6.07, 6.45) is 4.70. The number of hydrogen-bond acceptors (Lipinski definition) is 6. The van der Waals surface area contributed by atoms with Gasteiger partial charge in [0.05, 0.1) is 12.1 Å². The molecule has 0 bridgehead atoms. The summed E-state index contributed by atoms with van der Waals surface area (Å²) in [4.78, 5) is 12.6. The normalized spacial score (nSPS) is 20.2. The van der Waals surface area contributed by atoms with Gasteiger partial charge in [-0.2, -0.15) is 5.10 Å². The number of nitrogens with one attached hydrogen (secondary N) is 2. The number of carbonyl (C=O) groups excluding carboxylic acids is 1. The van der Waals surface area contributed by atoms with E-state index in [0.29, 0.717) is 17.6 Å². The Labute approximate surface area is 151 Å². The second kappa shape index (κ2) is 8.04. The first-order valence-electron chi connectivity index (χ1n) is 7.85. The predicted octanol–water partition coefficient (Wildman–Crippen LogP) is 1.83. The van der Waals surface area contributed by atoms with Crippen LogP contribution in [0, 0.1) is 11.8 Å². The summed E-state index contributed by atoms with van der Waals surface area (Å²) in [6.45, 7) is 5.74. The van der Waals surface area contributed by atoms with Crippen LogP contribution in [0.4, 0.5) is 5.13 Å². The van der Waals surface area contributed by atoms with E-state index in [9.17, 15) is 4.79 Å². The van der Waals surface area contributed by atoms with E-state index in [1.165, 1.54) is 11.3 Å². The summed E-state index contributed by atoms with van der Waals surface area (Å²) in [5, 5.41) is 20.2. The number of hydrogen-bond donors (Lipinski definition) is 2. The molecule has 0 radical (unpaired) electrons. The topological polar surface area (TPSA) is 84.7 Å². The third kappa shape index (κ3) is 4.31. The highest BCUT2D eigenvalue weighted by atomic mass is 35.5. The van der Waals surface area contributed by atoms with Gasteiger partial charge in [-0.25, -0.2) is 0 Å². The number of rotatable bonds is 5. The van der Waals surface area contributed by atoms with E-state index in [-0.39, 0.29) is 30.2 Å². The number of aromatic nitrogens is 4. The molecule has 1 amide bonds. The van der Waals surface area contributed by atoms with Crippen molar-refractivity contribution in [2.45, 2.75) is 26.2 Å². The predicted molar refractivity (Wildman–Crippen MR) is 96.6 cm³/mol. The lowest BCUT2D eigenvalue weighted by atomic mass is 9.90. The van der Waals surface area contributed by atoms with E-state index in [1.54, 1.807) is 4.68 Å². The second-order valence-corrected chi connectivity index (χ2v) is 7.47. The van der Waals surface area contributed by atoms with E-state index in [2.05, 4.69) is 39.8 Å². The number of carbonyl (C=O) groups is 1. The minimum absolute atomic E-state index is 0. The van der Waals surface area contributed by atoms with Gasteiger partial charge in [-0.3, -0.25) is 9.48 Å². The van der Waals surface area contributed by atoms with Gasteiger partial charge in [0.1, 0.15) is 5.01 Å².